The van der Waals surface area contributed by atoms with Crippen LogP contribution in [0.5, 0.6) is 0 Å². The van der Waals surface area contributed by atoms with Crippen molar-refractivity contribution < 1.29 is 4.79 Å². The molecule has 1 amide bonds. The predicted molar refractivity (Wildman–Crippen MR) is 93.0 cm³/mol. The topological polar surface area (TPSA) is 41.1 Å². The Morgan fingerprint density at radius 2 is 2.00 bits per heavy atom. The lowest BCUT2D eigenvalue weighted by atomic mass is 10.00. The molecular formula is C16H25ClN2OS. The molecule has 2 rings (SSSR count). The summed E-state index contributed by atoms with van der Waals surface area (Å²) in [6, 6.07) is 8.60. The van der Waals surface area contributed by atoms with Gasteiger partial charge in [0, 0.05) is 11.6 Å². The number of carbonyl (C=O) groups is 1. The summed E-state index contributed by atoms with van der Waals surface area (Å²) in [5, 5.41) is 6.28. The molecule has 3 nitrogen and oxygen atoms in total. The number of benzene rings is 1. The molecule has 0 aromatic heterocycles. The van der Waals surface area contributed by atoms with Crippen LogP contribution in [0.2, 0.25) is 0 Å². The van der Waals surface area contributed by atoms with Crippen LogP contribution >= 0.6 is 24.2 Å². The van der Waals surface area contributed by atoms with Crippen molar-refractivity contribution in [2.75, 3.05) is 11.6 Å². The van der Waals surface area contributed by atoms with Crippen molar-refractivity contribution in [3.05, 3.63) is 35.4 Å². The van der Waals surface area contributed by atoms with Gasteiger partial charge in [0.25, 0.3) is 0 Å². The second-order valence-corrected chi connectivity index (χ2v) is 6.87. The highest BCUT2D eigenvalue weighted by atomic mass is 35.5. The van der Waals surface area contributed by atoms with Gasteiger partial charge in [-0.15, -0.1) is 24.2 Å². The maximum absolute atomic E-state index is 12.1. The standard InChI is InChI=1S/C16H24N2OS.ClH/c1-11(2)8-13-4-6-14(7-5-13)12(3)18-16(19)15-9-20-10-17-15;/h4-7,11-12,15,17H,8-10H2,1-3H3,(H,18,19);1H. The molecule has 1 heterocycles. The first-order valence-electron chi connectivity index (χ1n) is 7.26. The number of carbonyl (C=O) groups excluding carboxylic acids is 1. The highest BCUT2D eigenvalue weighted by molar-refractivity contribution is 7.99. The van der Waals surface area contributed by atoms with Crippen molar-refractivity contribution >= 4 is 30.1 Å². The van der Waals surface area contributed by atoms with E-state index in [2.05, 4.69) is 48.7 Å². The molecule has 1 aliphatic heterocycles. The van der Waals surface area contributed by atoms with Gasteiger partial charge in [-0.25, -0.2) is 0 Å². The first-order valence-corrected chi connectivity index (χ1v) is 8.42. The van der Waals surface area contributed by atoms with Crippen LogP contribution in [0.15, 0.2) is 24.3 Å². The Morgan fingerprint density at radius 1 is 1.33 bits per heavy atom. The largest absolute Gasteiger partial charge is 0.348 e. The van der Waals surface area contributed by atoms with E-state index in [1.165, 1.54) is 5.56 Å². The van der Waals surface area contributed by atoms with Crippen LogP contribution in [0.4, 0.5) is 0 Å². The average molecular weight is 329 g/mol. The summed E-state index contributed by atoms with van der Waals surface area (Å²) in [4.78, 5) is 12.1. The first-order chi connectivity index (χ1) is 9.56. The number of halogens is 1. The van der Waals surface area contributed by atoms with Crippen molar-refractivity contribution in [3.8, 4) is 0 Å². The van der Waals surface area contributed by atoms with E-state index < -0.39 is 0 Å². The van der Waals surface area contributed by atoms with Crippen molar-refractivity contribution in [1.82, 2.24) is 10.6 Å². The Balaban J connectivity index is 0.00000220. The minimum Gasteiger partial charge on any atom is -0.348 e. The second kappa shape index (κ2) is 8.66. The van der Waals surface area contributed by atoms with E-state index in [1.54, 1.807) is 11.8 Å². The number of amides is 1. The van der Waals surface area contributed by atoms with Crippen molar-refractivity contribution in [1.29, 1.82) is 0 Å². The third-order valence-electron chi connectivity index (χ3n) is 3.52. The first kappa shape index (κ1) is 18.3. The molecule has 1 aliphatic rings. The number of hydrogen-bond acceptors (Lipinski definition) is 3. The molecule has 1 aromatic rings. The zero-order valence-corrected chi connectivity index (χ0v) is 14.5. The Kier molecular flexibility index (Phi) is 7.57. The van der Waals surface area contributed by atoms with Gasteiger partial charge in [0.1, 0.15) is 0 Å². The monoisotopic (exact) mass is 328 g/mol. The highest BCUT2D eigenvalue weighted by Crippen LogP contribution is 2.17. The fourth-order valence-corrected chi connectivity index (χ4v) is 3.32. The molecule has 21 heavy (non-hydrogen) atoms. The molecule has 0 radical (unpaired) electrons. The summed E-state index contributed by atoms with van der Waals surface area (Å²) in [7, 11) is 0. The molecule has 2 N–H and O–H groups in total. The Bertz CT molecular complexity index is 444. The van der Waals surface area contributed by atoms with Crippen LogP contribution in [0, 0.1) is 5.92 Å². The van der Waals surface area contributed by atoms with Gasteiger partial charge in [0.2, 0.25) is 5.91 Å². The molecular weight excluding hydrogens is 304 g/mol. The minimum absolute atomic E-state index is 0. The van der Waals surface area contributed by atoms with Gasteiger partial charge in [0.15, 0.2) is 0 Å². The van der Waals surface area contributed by atoms with Gasteiger partial charge >= 0.3 is 0 Å². The third-order valence-corrected chi connectivity index (χ3v) is 4.46. The van der Waals surface area contributed by atoms with Crippen molar-refractivity contribution in [2.45, 2.75) is 39.3 Å². The molecule has 2 atom stereocenters. The lowest BCUT2D eigenvalue weighted by molar-refractivity contribution is -0.123. The Labute approximate surface area is 138 Å². The molecule has 5 heteroatoms. The smallest absolute Gasteiger partial charge is 0.238 e. The lowest BCUT2D eigenvalue weighted by Crippen LogP contribution is -2.42. The average Bonchev–Trinajstić information content (AvgIpc) is 2.92. The fourth-order valence-electron chi connectivity index (χ4n) is 2.37. The lowest BCUT2D eigenvalue weighted by Gasteiger charge is -2.17. The predicted octanol–water partition coefficient (Wildman–Crippen LogP) is 3.15. The van der Waals surface area contributed by atoms with E-state index in [-0.39, 0.29) is 30.4 Å². The number of rotatable bonds is 5. The number of thioether (sulfide) groups is 1. The van der Waals surface area contributed by atoms with Gasteiger partial charge in [-0.3, -0.25) is 10.1 Å². The molecule has 0 saturated carbocycles. The molecule has 1 fully saturated rings. The van der Waals surface area contributed by atoms with Crippen LogP contribution in [-0.2, 0) is 11.2 Å². The van der Waals surface area contributed by atoms with E-state index in [9.17, 15) is 4.79 Å². The highest BCUT2D eigenvalue weighted by Gasteiger charge is 2.23. The van der Waals surface area contributed by atoms with E-state index in [0.717, 1.165) is 23.6 Å². The molecule has 0 bridgehead atoms. The maximum Gasteiger partial charge on any atom is 0.238 e. The molecule has 0 aliphatic carbocycles. The fraction of sp³-hybridized carbons (Fsp3) is 0.562. The third kappa shape index (κ3) is 5.53. The normalized spacial score (nSPS) is 19.1. The van der Waals surface area contributed by atoms with Crippen LogP contribution in [0.1, 0.15) is 37.9 Å². The second-order valence-electron chi connectivity index (χ2n) is 5.84. The van der Waals surface area contributed by atoms with Crippen LogP contribution in [0.3, 0.4) is 0 Å². The minimum atomic E-state index is -0.0392. The Hall–Kier alpha value is -0.710. The van der Waals surface area contributed by atoms with Gasteiger partial charge in [0.05, 0.1) is 12.1 Å². The zero-order valence-electron chi connectivity index (χ0n) is 12.9. The van der Waals surface area contributed by atoms with Crippen molar-refractivity contribution in [3.63, 3.8) is 0 Å². The number of nitrogens with one attached hydrogen (secondary N) is 2. The van der Waals surface area contributed by atoms with Gasteiger partial charge in [-0.2, -0.15) is 0 Å². The maximum atomic E-state index is 12.1. The molecule has 2 unspecified atom stereocenters. The molecule has 1 aromatic carbocycles. The number of hydrogen-bond donors (Lipinski definition) is 2. The van der Waals surface area contributed by atoms with Gasteiger partial charge < -0.3 is 5.32 Å². The van der Waals surface area contributed by atoms with Gasteiger partial charge in [-0.1, -0.05) is 38.1 Å². The van der Waals surface area contributed by atoms with Gasteiger partial charge in [-0.05, 0) is 30.4 Å². The molecule has 118 valence electrons. The summed E-state index contributed by atoms with van der Waals surface area (Å²) in [6.45, 7) is 6.49. The van der Waals surface area contributed by atoms with Crippen LogP contribution in [-0.4, -0.2) is 23.6 Å². The Morgan fingerprint density at radius 3 is 2.52 bits per heavy atom. The zero-order chi connectivity index (χ0) is 14.5. The summed E-state index contributed by atoms with van der Waals surface area (Å²) >= 11 is 1.77. The van der Waals surface area contributed by atoms with E-state index in [0.29, 0.717) is 5.92 Å². The summed E-state index contributed by atoms with van der Waals surface area (Å²) in [5.41, 5.74) is 2.52. The molecule has 0 spiro atoms. The van der Waals surface area contributed by atoms with E-state index in [4.69, 9.17) is 0 Å². The molecule has 1 saturated heterocycles. The van der Waals surface area contributed by atoms with Crippen molar-refractivity contribution in [2.24, 2.45) is 5.92 Å². The SMILES string of the molecule is CC(C)Cc1ccc(C(C)NC(=O)C2CSCN2)cc1.Cl. The van der Waals surface area contributed by atoms with Crippen LogP contribution < -0.4 is 10.6 Å². The van der Waals surface area contributed by atoms with Crippen LogP contribution in [0.25, 0.3) is 0 Å². The summed E-state index contributed by atoms with van der Waals surface area (Å²) in [5.74, 6) is 2.51. The summed E-state index contributed by atoms with van der Waals surface area (Å²) < 4.78 is 0. The quantitative estimate of drug-likeness (QED) is 0.872. The van der Waals surface area contributed by atoms with E-state index >= 15 is 0 Å². The van der Waals surface area contributed by atoms with E-state index in [1.807, 2.05) is 6.92 Å². The summed E-state index contributed by atoms with van der Waals surface area (Å²) in [6.07, 6.45) is 1.10.